The van der Waals surface area contributed by atoms with Crippen LogP contribution in [0.5, 0.6) is 0 Å². The molecule has 1 aromatic rings. The second kappa shape index (κ2) is 4.56. The molecule has 0 heterocycles. The van der Waals surface area contributed by atoms with E-state index in [9.17, 15) is 0 Å². The minimum absolute atomic E-state index is 0.568. The van der Waals surface area contributed by atoms with Gasteiger partial charge in [0.05, 0.1) is 5.69 Å². The molecule has 64 valence electrons. The number of hydrogen-bond donors (Lipinski definition) is 3. The number of para-hydroxylation sites is 1. The first-order valence-corrected chi connectivity index (χ1v) is 4.02. The molecule has 0 radical (unpaired) electrons. The number of nitrogens with one attached hydrogen (secondary N) is 3. The minimum Gasteiger partial charge on any atom is -0.364 e. The van der Waals surface area contributed by atoms with E-state index in [2.05, 4.69) is 16.2 Å². The van der Waals surface area contributed by atoms with Gasteiger partial charge < -0.3 is 5.32 Å². The summed E-state index contributed by atoms with van der Waals surface area (Å²) in [5, 5.41) is 3.36. The van der Waals surface area contributed by atoms with Crippen LogP contribution in [0.1, 0.15) is 0 Å². The smallest absolute Gasteiger partial charge is 0.184 e. The Morgan fingerprint density at radius 2 is 1.92 bits per heavy atom. The maximum Gasteiger partial charge on any atom is 0.184 e. The zero-order valence-corrected chi connectivity index (χ0v) is 7.61. The molecule has 0 aliphatic rings. The van der Waals surface area contributed by atoms with Crippen LogP contribution >= 0.6 is 12.2 Å². The fraction of sp³-hybridized carbons (Fsp3) is 0.125. The summed E-state index contributed by atoms with van der Waals surface area (Å²) >= 11 is 4.87. The highest BCUT2D eigenvalue weighted by molar-refractivity contribution is 7.80. The van der Waals surface area contributed by atoms with Crippen molar-refractivity contribution < 1.29 is 0 Å². The van der Waals surface area contributed by atoms with Gasteiger partial charge in [0.15, 0.2) is 5.11 Å². The van der Waals surface area contributed by atoms with E-state index in [1.165, 1.54) is 0 Å². The summed E-state index contributed by atoms with van der Waals surface area (Å²) in [6.07, 6.45) is 0. The molecule has 0 aliphatic carbocycles. The second-order valence-electron chi connectivity index (χ2n) is 2.20. The monoisotopic (exact) mass is 181 g/mol. The molecule has 12 heavy (non-hydrogen) atoms. The molecule has 0 fully saturated rings. The summed E-state index contributed by atoms with van der Waals surface area (Å²) in [4.78, 5) is 0. The van der Waals surface area contributed by atoms with Gasteiger partial charge in [-0.15, -0.1) is 0 Å². The summed E-state index contributed by atoms with van der Waals surface area (Å²) < 4.78 is 0. The summed E-state index contributed by atoms with van der Waals surface area (Å²) in [5.41, 5.74) is 6.74. The number of hydrogen-bond acceptors (Lipinski definition) is 2. The van der Waals surface area contributed by atoms with Crippen LogP contribution in [-0.2, 0) is 0 Å². The van der Waals surface area contributed by atoms with E-state index in [1.54, 1.807) is 7.05 Å². The molecule has 0 spiro atoms. The molecule has 0 atom stereocenters. The third kappa shape index (κ3) is 2.75. The standard InChI is InChI=1S/C8H11N3S/c1-9-8(12)11-10-7-5-3-2-4-6-7/h2-6,10H,1H3,(H2,9,11,12). The molecule has 0 bridgehead atoms. The average Bonchev–Trinajstić information content (AvgIpc) is 2.16. The van der Waals surface area contributed by atoms with E-state index < -0.39 is 0 Å². The van der Waals surface area contributed by atoms with Crippen LogP contribution in [0.3, 0.4) is 0 Å². The fourth-order valence-corrected chi connectivity index (χ4v) is 0.764. The Kier molecular flexibility index (Phi) is 3.35. The van der Waals surface area contributed by atoms with Gasteiger partial charge in [-0.25, -0.2) is 0 Å². The molecule has 3 nitrogen and oxygen atoms in total. The fourth-order valence-electron chi connectivity index (χ4n) is 0.713. The van der Waals surface area contributed by atoms with Gasteiger partial charge in [0.2, 0.25) is 0 Å². The molecule has 0 aliphatic heterocycles. The molecule has 1 rings (SSSR count). The van der Waals surface area contributed by atoms with Crippen LogP contribution in [0.2, 0.25) is 0 Å². The van der Waals surface area contributed by atoms with Crippen LogP contribution < -0.4 is 16.2 Å². The van der Waals surface area contributed by atoms with E-state index in [-0.39, 0.29) is 0 Å². The van der Waals surface area contributed by atoms with E-state index in [4.69, 9.17) is 12.2 Å². The van der Waals surface area contributed by atoms with Crippen molar-refractivity contribution in [2.45, 2.75) is 0 Å². The SMILES string of the molecule is CNC(=S)NNc1ccccc1. The van der Waals surface area contributed by atoms with Crippen molar-refractivity contribution in [2.75, 3.05) is 12.5 Å². The molecular formula is C8H11N3S. The van der Waals surface area contributed by atoms with Crippen molar-refractivity contribution in [2.24, 2.45) is 0 Å². The van der Waals surface area contributed by atoms with Gasteiger partial charge in [0.25, 0.3) is 0 Å². The van der Waals surface area contributed by atoms with Gasteiger partial charge in [-0.05, 0) is 24.4 Å². The number of rotatable bonds is 2. The Labute approximate surface area is 77.1 Å². The lowest BCUT2D eigenvalue weighted by atomic mass is 10.3. The van der Waals surface area contributed by atoms with Crippen LogP contribution in [0.4, 0.5) is 5.69 Å². The van der Waals surface area contributed by atoms with Crippen LogP contribution in [0.15, 0.2) is 30.3 Å². The van der Waals surface area contributed by atoms with Crippen molar-refractivity contribution in [1.29, 1.82) is 0 Å². The van der Waals surface area contributed by atoms with Crippen LogP contribution in [0.25, 0.3) is 0 Å². The summed E-state index contributed by atoms with van der Waals surface area (Å²) in [6, 6.07) is 9.76. The molecule has 3 N–H and O–H groups in total. The van der Waals surface area contributed by atoms with E-state index in [0.717, 1.165) is 5.69 Å². The zero-order valence-electron chi connectivity index (χ0n) is 6.79. The van der Waals surface area contributed by atoms with E-state index in [0.29, 0.717) is 5.11 Å². The van der Waals surface area contributed by atoms with E-state index >= 15 is 0 Å². The van der Waals surface area contributed by atoms with Crippen molar-refractivity contribution in [3.63, 3.8) is 0 Å². The lowest BCUT2D eigenvalue weighted by Crippen LogP contribution is -2.36. The first kappa shape index (κ1) is 8.80. The second-order valence-corrected chi connectivity index (χ2v) is 2.60. The summed E-state index contributed by atoms with van der Waals surface area (Å²) in [6.45, 7) is 0. The van der Waals surface area contributed by atoms with E-state index in [1.807, 2.05) is 30.3 Å². The predicted molar refractivity (Wildman–Crippen MR) is 54.9 cm³/mol. The van der Waals surface area contributed by atoms with Crippen molar-refractivity contribution in [3.05, 3.63) is 30.3 Å². The van der Waals surface area contributed by atoms with Gasteiger partial charge in [-0.3, -0.25) is 10.9 Å². The molecule has 0 unspecified atom stereocenters. The molecular weight excluding hydrogens is 170 g/mol. The Bertz CT molecular complexity index is 248. The molecule has 4 heteroatoms. The Balaban J connectivity index is 2.38. The van der Waals surface area contributed by atoms with Crippen LogP contribution in [-0.4, -0.2) is 12.2 Å². The number of hydrazine groups is 1. The zero-order chi connectivity index (χ0) is 8.81. The normalized spacial score (nSPS) is 8.75. The largest absolute Gasteiger partial charge is 0.364 e. The average molecular weight is 181 g/mol. The van der Waals surface area contributed by atoms with Crippen LogP contribution in [0, 0.1) is 0 Å². The Morgan fingerprint density at radius 1 is 1.25 bits per heavy atom. The maximum absolute atomic E-state index is 4.87. The molecule has 0 aromatic heterocycles. The highest BCUT2D eigenvalue weighted by atomic mass is 32.1. The molecule has 0 amide bonds. The molecule has 0 saturated heterocycles. The first-order chi connectivity index (χ1) is 5.83. The number of thiocarbonyl (C=S) groups is 1. The topological polar surface area (TPSA) is 36.1 Å². The summed E-state index contributed by atoms with van der Waals surface area (Å²) in [7, 11) is 1.77. The minimum atomic E-state index is 0.568. The maximum atomic E-state index is 4.87. The van der Waals surface area contributed by atoms with Gasteiger partial charge in [0, 0.05) is 7.05 Å². The quantitative estimate of drug-likeness (QED) is 0.472. The lowest BCUT2D eigenvalue weighted by Gasteiger charge is -2.08. The predicted octanol–water partition coefficient (Wildman–Crippen LogP) is 1.11. The van der Waals surface area contributed by atoms with Gasteiger partial charge in [-0.2, -0.15) is 0 Å². The highest BCUT2D eigenvalue weighted by Crippen LogP contribution is 2.01. The molecule has 1 aromatic carbocycles. The Hall–Kier alpha value is -1.29. The van der Waals surface area contributed by atoms with Crippen molar-refractivity contribution >= 4 is 23.0 Å². The first-order valence-electron chi connectivity index (χ1n) is 3.61. The summed E-state index contributed by atoms with van der Waals surface area (Å²) in [5.74, 6) is 0. The number of anilines is 1. The Morgan fingerprint density at radius 3 is 2.50 bits per heavy atom. The third-order valence-electron chi connectivity index (χ3n) is 1.32. The van der Waals surface area contributed by atoms with Crippen molar-refractivity contribution in [3.8, 4) is 0 Å². The third-order valence-corrected chi connectivity index (χ3v) is 1.63. The molecule has 0 saturated carbocycles. The van der Waals surface area contributed by atoms with Crippen molar-refractivity contribution in [1.82, 2.24) is 10.7 Å². The van der Waals surface area contributed by atoms with Gasteiger partial charge in [-0.1, -0.05) is 18.2 Å². The highest BCUT2D eigenvalue weighted by Gasteiger charge is 1.89. The number of benzene rings is 1. The lowest BCUT2D eigenvalue weighted by molar-refractivity contribution is 1.04. The van der Waals surface area contributed by atoms with Gasteiger partial charge >= 0.3 is 0 Å². The van der Waals surface area contributed by atoms with Gasteiger partial charge in [0.1, 0.15) is 0 Å².